The molecule has 32 heavy (non-hydrogen) atoms. The summed E-state index contributed by atoms with van der Waals surface area (Å²) >= 11 is 0. The number of furan rings is 1. The van der Waals surface area contributed by atoms with Crippen LogP contribution in [0.4, 0.5) is 5.69 Å². The number of ether oxygens (including phenoxy) is 1. The Balaban J connectivity index is 1.28. The second-order valence-electron chi connectivity index (χ2n) is 7.98. The monoisotopic (exact) mass is 424 g/mol. The first-order valence-electron chi connectivity index (χ1n) is 10.8. The van der Waals surface area contributed by atoms with Crippen LogP contribution in [0.25, 0.3) is 0 Å². The summed E-state index contributed by atoms with van der Waals surface area (Å²) in [6, 6.07) is 18.7. The van der Waals surface area contributed by atoms with Gasteiger partial charge in [0.15, 0.2) is 0 Å². The fourth-order valence-electron chi connectivity index (χ4n) is 3.47. The molecule has 2 aromatic carbocycles. The van der Waals surface area contributed by atoms with E-state index in [1.54, 1.807) is 7.11 Å². The van der Waals surface area contributed by atoms with Crippen molar-refractivity contribution in [3.8, 4) is 0 Å². The molecule has 1 aliphatic carbocycles. The number of allylic oxidation sites excluding steroid dienone is 2. The molecule has 0 saturated heterocycles. The minimum absolute atomic E-state index is 0.175. The Labute approximate surface area is 189 Å². The molecular formula is C28H28N2O2. The van der Waals surface area contributed by atoms with Gasteiger partial charge in [0.2, 0.25) is 0 Å². The average Bonchev–Trinajstić information content (AvgIpc) is 3.27. The lowest BCUT2D eigenvalue weighted by Crippen LogP contribution is -2.08. The highest BCUT2D eigenvalue weighted by atomic mass is 16.5. The smallest absolute Gasteiger partial charge is 0.125 e. The Kier molecular flexibility index (Phi) is 7.26. The Morgan fingerprint density at radius 2 is 1.84 bits per heavy atom. The number of methoxy groups -OCH3 is 1. The minimum atomic E-state index is 0.175. The van der Waals surface area contributed by atoms with E-state index in [0.29, 0.717) is 6.54 Å². The van der Waals surface area contributed by atoms with Crippen LogP contribution < -0.4 is 0 Å². The highest BCUT2D eigenvalue weighted by Gasteiger charge is 2.06. The largest absolute Gasteiger partial charge is 0.467 e. The van der Waals surface area contributed by atoms with Crippen molar-refractivity contribution in [1.29, 1.82) is 0 Å². The summed E-state index contributed by atoms with van der Waals surface area (Å²) in [5.41, 5.74) is 6.77. The van der Waals surface area contributed by atoms with E-state index in [2.05, 4.69) is 71.5 Å². The number of hydrogen-bond donors (Lipinski definition) is 0. The average molecular weight is 425 g/mol. The summed E-state index contributed by atoms with van der Waals surface area (Å²) in [5.74, 6) is 0.869. The molecule has 0 radical (unpaired) electrons. The zero-order valence-corrected chi connectivity index (χ0v) is 18.6. The number of nitrogens with zero attached hydrogens (tertiary/aromatic N) is 2. The van der Waals surface area contributed by atoms with E-state index in [-0.39, 0.29) is 6.10 Å². The predicted octanol–water partition coefficient (Wildman–Crippen LogP) is 6.40. The summed E-state index contributed by atoms with van der Waals surface area (Å²) in [4.78, 5) is 9.04. The van der Waals surface area contributed by atoms with Gasteiger partial charge in [-0.05, 0) is 53.8 Å². The summed E-state index contributed by atoms with van der Waals surface area (Å²) < 4.78 is 11.0. The lowest BCUT2D eigenvalue weighted by molar-refractivity contribution is 0.142. The van der Waals surface area contributed by atoms with Crippen LogP contribution >= 0.6 is 0 Å². The molecule has 1 aromatic heterocycles. The first-order chi connectivity index (χ1) is 15.7. The number of rotatable bonds is 8. The normalized spacial score (nSPS) is 16.2. The summed E-state index contributed by atoms with van der Waals surface area (Å²) in [5, 5.41) is 0. The van der Waals surface area contributed by atoms with Crippen molar-refractivity contribution in [2.45, 2.75) is 32.4 Å². The molecule has 0 saturated carbocycles. The van der Waals surface area contributed by atoms with Crippen LogP contribution in [0.5, 0.6) is 0 Å². The van der Waals surface area contributed by atoms with Crippen LogP contribution in [0, 0.1) is 6.92 Å². The van der Waals surface area contributed by atoms with Gasteiger partial charge in [-0.1, -0.05) is 60.2 Å². The van der Waals surface area contributed by atoms with Crippen molar-refractivity contribution in [2.24, 2.45) is 9.98 Å². The van der Waals surface area contributed by atoms with Crippen molar-refractivity contribution in [3.63, 3.8) is 0 Å². The van der Waals surface area contributed by atoms with Crippen LogP contribution in [0.1, 0.15) is 34.4 Å². The second kappa shape index (κ2) is 10.7. The van der Waals surface area contributed by atoms with E-state index in [0.717, 1.165) is 41.0 Å². The van der Waals surface area contributed by atoms with Gasteiger partial charge in [0.25, 0.3) is 0 Å². The van der Waals surface area contributed by atoms with Gasteiger partial charge in [-0.2, -0.15) is 0 Å². The molecule has 0 fully saturated rings. The van der Waals surface area contributed by atoms with Gasteiger partial charge in [-0.25, -0.2) is 0 Å². The van der Waals surface area contributed by atoms with Gasteiger partial charge in [0.1, 0.15) is 5.76 Å². The van der Waals surface area contributed by atoms with Gasteiger partial charge in [0.05, 0.1) is 24.6 Å². The molecule has 0 amide bonds. The maximum absolute atomic E-state index is 5.69. The van der Waals surface area contributed by atoms with E-state index in [9.17, 15) is 0 Å². The highest BCUT2D eigenvalue weighted by molar-refractivity contribution is 5.83. The third-order valence-electron chi connectivity index (χ3n) is 5.37. The molecule has 1 atom stereocenters. The highest BCUT2D eigenvalue weighted by Crippen LogP contribution is 2.17. The van der Waals surface area contributed by atoms with Crippen LogP contribution in [-0.2, 0) is 17.7 Å². The lowest BCUT2D eigenvalue weighted by atomic mass is 10.1. The van der Waals surface area contributed by atoms with Crippen LogP contribution in [0.15, 0.2) is 99.1 Å². The number of hydrogen-bond acceptors (Lipinski definition) is 4. The zero-order chi connectivity index (χ0) is 22.2. The Morgan fingerprint density at radius 3 is 2.56 bits per heavy atom. The first kappa shape index (κ1) is 21.7. The minimum Gasteiger partial charge on any atom is -0.467 e. The Hall–Kier alpha value is -3.50. The fraction of sp³-hybridized carbons (Fsp3) is 0.214. The number of benzene rings is 2. The van der Waals surface area contributed by atoms with E-state index >= 15 is 0 Å². The zero-order valence-electron chi connectivity index (χ0n) is 18.6. The molecule has 3 aromatic rings. The lowest BCUT2D eigenvalue weighted by Gasteiger charge is -2.12. The molecule has 1 unspecified atom stereocenters. The molecule has 1 heterocycles. The van der Waals surface area contributed by atoms with Crippen molar-refractivity contribution >= 4 is 18.1 Å². The van der Waals surface area contributed by atoms with Crippen LogP contribution in [-0.4, -0.2) is 25.6 Å². The maximum atomic E-state index is 5.69. The molecule has 0 spiro atoms. The second-order valence-corrected chi connectivity index (χ2v) is 7.98. The van der Waals surface area contributed by atoms with Crippen LogP contribution in [0.2, 0.25) is 0 Å². The molecule has 0 N–H and O–H groups in total. The van der Waals surface area contributed by atoms with E-state index in [4.69, 9.17) is 9.15 Å². The quantitative estimate of drug-likeness (QED) is 0.393. The van der Waals surface area contributed by atoms with Crippen molar-refractivity contribution < 1.29 is 9.15 Å². The molecule has 1 aliphatic rings. The number of aryl methyl sites for hydroxylation is 1. The number of aliphatic imine (C=N–C) groups is 2. The molecule has 0 aliphatic heterocycles. The SMILES string of the molecule is COC1C=CC(C=NCc2cc(Cc3ccc(C=Nc4ccc(C)cc4)cc3)co2)=CC1. The van der Waals surface area contributed by atoms with Gasteiger partial charge in [-0.3, -0.25) is 9.98 Å². The summed E-state index contributed by atoms with van der Waals surface area (Å²) in [6.45, 7) is 2.61. The standard InChI is InChI=1S/C28H28N2O2/c1-21-3-11-26(12-4-21)30-18-24-7-5-22(6-8-24)15-25-16-28(32-20-25)19-29-17-23-9-13-27(31-2)14-10-23/h3-13,16-18,20,27H,14-15,19H2,1-2H3. The fourth-order valence-corrected chi connectivity index (χ4v) is 3.47. The van der Waals surface area contributed by atoms with E-state index < -0.39 is 0 Å². The van der Waals surface area contributed by atoms with Crippen molar-refractivity contribution in [3.05, 3.63) is 113 Å². The third-order valence-corrected chi connectivity index (χ3v) is 5.37. The van der Waals surface area contributed by atoms with Gasteiger partial charge in [0, 0.05) is 26.0 Å². The first-order valence-corrected chi connectivity index (χ1v) is 10.8. The predicted molar refractivity (Wildman–Crippen MR) is 131 cm³/mol. The van der Waals surface area contributed by atoms with E-state index in [1.165, 1.54) is 11.1 Å². The maximum Gasteiger partial charge on any atom is 0.125 e. The Bertz CT molecular complexity index is 1130. The molecule has 0 bridgehead atoms. The summed E-state index contributed by atoms with van der Waals surface area (Å²) in [7, 11) is 1.73. The van der Waals surface area contributed by atoms with Crippen molar-refractivity contribution in [2.75, 3.05) is 7.11 Å². The molecule has 4 rings (SSSR count). The Morgan fingerprint density at radius 1 is 1.03 bits per heavy atom. The molecule has 4 heteroatoms. The topological polar surface area (TPSA) is 47.1 Å². The van der Waals surface area contributed by atoms with Gasteiger partial charge < -0.3 is 9.15 Å². The molecule has 4 nitrogen and oxygen atoms in total. The molecule has 162 valence electrons. The van der Waals surface area contributed by atoms with Gasteiger partial charge >= 0.3 is 0 Å². The molecular weight excluding hydrogens is 396 g/mol. The van der Waals surface area contributed by atoms with Crippen molar-refractivity contribution in [1.82, 2.24) is 0 Å². The third kappa shape index (κ3) is 6.25. The van der Waals surface area contributed by atoms with E-state index in [1.807, 2.05) is 36.9 Å². The summed E-state index contributed by atoms with van der Waals surface area (Å²) in [6.07, 6.45) is 13.7. The van der Waals surface area contributed by atoms with Crippen LogP contribution in [0.3, 0.4) is 0 Å². The van der Waals surface area contributed by atoms with Gasteiger partial charge in [-0.15, -0.1) is 0 Å².